The summed E-state index contributed by atoms with van der Waals surface area (Å²) >= 11 is 0. The van der Waals surface area contributed by atoms with Gasteiger partial charge in [0.2, 0.25) is 6.43 Å². The molecule has 0 radical (unpaired) electrons. The van der Waals surface area contributed by atoms with Crippen molar-refractivity contribution in [3.05, 3.63) is 42.0 Å². The molecule has 0 aromatic heterocycles. The van der Waals surface area contributed by atoms with Crippen LogP contribution < -0.4 is 5.32 Å². The minimum absolute atomic E-state index is 0.186. The van der Waals surface area contributed by atoms with Crippen LogP contribution in [0.4, 0.5) is 8.78 Å². The molecule has 3 nitrogen and oxygen atoms in total. The summed E-state index contributed by atoms with van der Waals surface area (Å²) in [5.41, 5.74) is 0.871. The Morgan fingerprint density at radius 1 is 1.05 bits per heavy atom. The average molecular weight is 306 g/mol. The number of fused-ring (bicyclic) bond motifs is 1. The van der Waals surface area contributed by atoms with Crippen molar-refractivity contribution in [3.8, 4) is 5.75 Å². The molecule has 1 fully saturated rings. The second kappa shape index (κ2) is 6.58. The predicted octanol–water partition coefficient (Wildman–Crippen LogP) is 3.15. The molecular weight excluding hydrogens is 286 g/mol. The molecule has 0 amide bonds. The van der Waals surface area contributed by atoms with Gasteiger partial charge in [-0.05, 0) is 17.0 Å². The number of piperazine rings is 1. The van der Waals surface area contributed by atoms with E-state index in [4.69, 9.17) is 0 Å². The van der Waals surface area contributed by atoms with E-state index in [-0.39, 0.29) is 18.2 Å². The average Bonchev–Trinajstić information content (AvgIpc) is 2.54. The van der Waals surface area contributed by atoms with Gasteiger partial charge in [0.15, 0.2) is 0 Å². The molecule has 2 N–H and O–H groups in total. The number of halogens is 2. The summed E-state index contributed by atoms with van der Waals surface area (Å²) in [6.07, 6.45) is -2.54. The number of phenols is 1. The van der Waals surface area contributed by atoms with E-state index in [1.165, 1.54) is 0 Å². The van der Waals surface area contributed by atoms with Crippen molar-refractivity contribution in [1.29, 1.82) is 0 Å². The van der Waals surface area contributed by atoms with Gasteiger partial charge in [-0.1, -0.05) is 30.3 Å². The van der Waals surface area contributed by atoms with Crippen LogP contribution in [0.2, 0.25) is 0 Å². The fraction of sp³-hybridized carbons (Fsp3) is 0.412. The summed E-state index contributed by atoms with van der Waals surface area (Å²) < 4.78 is 26.2. The molecule has 0 aliphatic carbocycles. The number of rotatable bonds is 4. The highest BCUT2D eigenvalue weighted by atomic mass is 19.3. The van der Waals surface area contributed by atoms with Crippen LogP contribution in [0.15, 0.2) is 36.4 Å². The minimum Gasteiger partial charge on any atom is -0.507 e. The summed E-state index contributed by atoms with van der Waals surface area (Å²) in [6, 6.07) is 10.5. The largest absolute Gasteiger partial charge is 0.507 e. The fourth-order valence-electron chi connectivity index (χ4n) is 3.23. The van der Waals surface area contributed by atoms with Crippen molar-refractivity contribution < 1.29 is 13.9 Å². The van der Waals surface area contributed by atoms with E-state index in [9.17, 15) is 13.9 Å². The second-order valence-corrected chi connectivity index (χ2v) is 5.65. The minimum atomic E-state index is -2.35. The third-order valence-corrected chi connectivity index (χ3v) is 4.29. The number of nitrogens with one attached hydrogen (secondary N) is 1. The van der Waals surface area contributed by atoms with E-state index in [1.54, 1.807) is 12.1 Å². The van der Waals surface area contributed by atoms with Gasteiger partial charge in [-0.3, -0.25) is 4.90 Å². The molecule has 0 spiro atoms. The molecule has 0 bridgehead atoms. The number of alkyl halides is 2. The van der Waals surface area contributed by atoms with Gasteiger partial charge in [0.25, 0.3) is 0 Å². The zero-order chi connectivity index (χ0) is 15.5. The first-order valence-electron chi connectivity index (χ1n) is 7.60. The molecule has 1 aliphatic rings. The molecule has 22 heavy (non-hydrogen) atoms. The maximum atomic E-state index is 13.1. The van der Waals surface area contributed by atoms with Gasteiger partial charge in [-0.15, -0.1) is 0 Å². The lowest BCUT2D eigenvalue weighted by Crippen LogP contribution is -2.45. The lowest BCUT2D eigenvalue weighted by Gasteiger charge is -2.35. The van der Waals surface area contributed by atoms with Crippen LogP contribution in [-0.4, -0.2) is 42.6 Å². The molecule has 1 heterocycles. The Morgan fingerprint density at radius 3 is 2.41 bits per heavy atom. The normalized spacial score (nSPS) is 18.0. The maximum Gasteiger partial charge on any atom is 0.240 e. The van der Waals surface area contributed by atoms with E-state index in [2.05, 4.69) is 10.2 Å². The zero-order valence-electron chi connectivity index (χ0n) is 12.3. The van der Waals surface area contributed by atoms with Crippen LogP contribution in [0.3, 0.4) is 0 Å². The Morgan fingerprint density at radius 2 is 1.73 bits per heavy atom. The molecular formula is C17H20F2N2O. The van der Waals surface area contributed by atoms with E-state index < -0.39 is 6.43 Å². The van der Waals surface area contributed by atoms with Crippen molar-refractivity contribution in [2.24, 2.45) is 0 Å². The third-order valence-electron chi connectivity index (χ3n) is 4.29. The maximum absolute atomic E-state index is 13.1. The Bertz CT molecular complexity index is 642. The molecule has 0 saturated carbocycles. The summed E-state index contributed by atoms with van der Waals surface area (Å²) in [5, 5.41) is 14.8. The molecule has 3 rings (SSSR count). The van der Waals surface area contributed by atoms with Gasteiger partial charge < -0.3 is 10.4 Å². The quantitative estimate of drug-likeness (QED) is 0.911. The highest BCUT2D eigenvalue weighted by molar-refractivity contribution is 5.91. The molecule has 0 unspecified atom stereocenters. The first-order chi connectivity index (χ1) is 10.7. The van der Waals surface area contributed by atoms with Gasteiger partial charge in [-0.2, -0.15) is 0 Å². The lowest BCUT2D eigenvalue weighted by molar-refractivity contribution is 0.0744. The number of hydrogen-bond donors (Lipinski definition) is 2. The number of phenolic OH excluding ortho intramolecular Hbond substituents is 1. The monoisotopic (exact) mass is 306 g/mol. The molecule has 5 heteroatoms. The van der Waals surface area contributed by atoms with Gasteiger partial charge in [0, 0.05) is 44.0 Å². The smallest absolute Gasteiger partial charge is 0.240 e. The third kappa shape index (κ3) is 3.05. The SMILES string of the molecule is Oc1ccc([C@@H](CC(F)F)N2CCNCC2)c2ccccc12. The van der Waals surface area contributed by atoms with Crippen molar-refractivity contribution in [1.82, 2.24) is 10.2 Å². The fourth-order valence-corrected chi connectivity index (χ4v) is 3.23. The molecule has 118 valence electrons. The number of aromatic hydroxyl groups is 1. The van der Waals surface area contributed by atoms with Crippen LogP contribution in [0.1, 0.15) is 18.0 Å². The molecule has 2 aromatic carbocycles. The van der Waals surface area contributed by atoms with Gasteiger partial charge >= 0.3 is 0 Å². The van der Waals surface area contributed by atoms with Crippen molar-refractivity contribution in [2.45, 2.75) is 18.9 Å². The Hall–Kier alpha value is -1.72. The van der Waals surface area contributed by atoms with Crippen molar-refractivity contribution >= 4 is 10.8 Å². The number of hydrogen-bond acceptors (Lipinski definition) is 3. The summed E-state index contributed by atoms with van der Waals surface area (Å²) in [7, 11) is 0. The van der Waals surface area contributed by atoms with E-state index in [1.807, 2.05) is 24.3 Å². The molecule has 1 saturated heterocycles. The zero-order valence-corrected chi connectivity index (χ0v) is 12.3. The van der Waals surface area contributed by atoms with Crippen LogP contribution in [-0.2, 0) is 0 Å². The predicted molar refractivity (Wildman–Crippen MR) is 83.4 cm³/mol. The van der Waals surface area contributed by atoms with Gasteiger partial charge in [0.05, 0.1) is 0 Å². The number of nitrogens with zero attached hydrogens (tertiary/aromatic N) is 1. The summed E-state index contributed by atoms with van der Waals surface area (Å²) in [6.45, 7) is 3.14. The first-order valence-corrected chi connectivity index (χ1v) is 7.60. The van der Waals surface area contributed by atoms with Crippen molar-refractivity contribution in [3.63, 3.8) is 0 Å². The van der Waals surface area contributed by atoms with E-state index in [0.717, 1.165) is 42.5 Å². The topological polar surface area (TPSA) is 35.5 Å². The summed E-state index contributed by atoms with van der Waals surface area (Å²) in [4.78, 5) is 2.11. The Labute approximate surface area is 128 Å². The lowest BCUT2D eigenvalue weighted by atomic mass is 9.94. The van der Waals surface area contributed by atoms with E-state index >= 15 is 0 Å². The highest BCUT2D eigenvalue weighted by Crippen LogP contribution is 2.36. The molecule has 1 atom stereocenters. The van der Waals surface area contributed by atoms with E-state index in [0.29, 0.717) is 0 Å². The standard InChI is InChI=1S/C17H20F2N2O/c18-17(19)11-15(21-9-7-20-8-10-21)13-5-6-16(22)14-4-2-1-3-12(13)14/h1-6,15,17,20,22H,7-11H2/t15-/m1/s1. The summed E-state index contributed by atoms with van der Waals surface area (Å²) in [5.74, 6) is 0.190. The highest BCUT2D eigenvalue weighted by Gasteiger charge is 2.27. The van der Waals surface area contributed by atoms with Gasteiger partial charge in [0.1, 0.15) is 5.75 Å². The first kappa shape index (κ1) is 15.2. The van der Waals surface area contributed by atoms with Crippen LogP contribution in [0.25, 0.3) is 10.8 Å². The Kier molecular flexibility index (Phi) is 4.55. The van der Waals surface area contributed by atoms with Crippen LogP contribution >= 0.6 is 0 Å². The second-order valence-electron chi connectivity index (χ2n) is 5.65. The molecule has 1 aliphatic heterocycles. The van der Waals surface area contributed by atoms with Crippen LogP contribution in [0, 0.1) is 0 Å². The Balaban J connectivity index is 2.05. The molecule has 2 aromatic rings. The van der Waals surface area contributed by atoms with Crippen LogP contribution in [0.5, 0.6) is 5.75 Å². The number of benzene rings is 2. The van der Waals surface area contributed by atoms with Crippen molar-refractivity contribution in [2.75, 3.05) is 26.2 Å². The van der Waals surface area contributed by atoms with Gasteiger partial charge in [-0.25, -0.2) is 8.78 Å².